The Morgan fingerprint density at radius 3 is 2.29 bits per heavy atom. The van der Waals surface area contributed by atoms with Crippen LogP contribution in [0.1, 0.15) is 28.8 Å². The largest absolute Gasteiger partial charge is 0.417 e. The molecule has 1 aliphatic heterocycles. The molecule has 0 atom stereocenters. The molecule has 0 spiro atoms. The van der Waals surface area contributed by atoms with Crippen molar-refractivity contribution >= 4 is 31.9 Å². The topological polar surface area (TPSA) is 66.5 Å². The lowest BCUT2D eigenvalue weighted by molar-refractivity contribution is -0.139. The summed E-state index contributed by atoms with van der Waals surface area (Å²) in [5.74, 6) is -2.51. The van der Waals surface area contributed by atoms with Crippen LogP contribution in [-0.2, 0) is 16.2 Å². The number of halogens is 6. The minimum Gasteiger partial charge on any atom is -0.338 e. The van der Waals surface area contributed by atoms with Gasteiger partial charge in [-0.2, -0.15) is 13.2 Å². The number of benzene rings is 2. The van der Waals surface area contributed by atoms with Gasteiger partial charge in [0.25, 0.3) is 5.91 Å². The molecule has 12 heteroatoms. The molecule has 1 N–H and O–H groups in total. The molecule has 2 aromatic carbocycles. The summed E-state index contributed by atoms with van der Waals surface area (Å²) in [6.45, 7) is 0.102. The van der Waals surface area contributed by atoms with Crippen molar-refractivity contribution in [3.8, 4) is 0 Å². The Kier molecular flexibility index (Phi) is 6.72. The van der Waals surface area contributed by atoms with Gasteiger partial charge in [0.1, 0.15) is 11.6 Å². The molecule has 1 fully saturated rings. The van der Waals surface area contributed by atoms with Crippen molar-refractivity contribution in [3.63, 3.8) is 0 Å². The second-order valence-corrected chi connectivity index (χ2v) is 9.55. The van der Waals surface area contributed by atoms with Gasteiger partial charge in [-0.1, -0.05) is 15.9 Å². The number of sulfonamides is 1. The van der Waals surface area contributed by atoms with E-state index in [1.807, 2.05) is 0 Å². The molecule has 1 heterocycles. The molecule has 3 rings (SSSR count). The Balaban J connectivity index is 1.70. The molecule has 0 aliphatic carbocycles. The van der Waals surface area contributed by atoms with Gasteiger partial charge in [-0.25, -0.2) is 21.9 Å². The van der Waals surface area contributed by atoms with Crippen LogP contribution in [0.4, 0.5) is 22.0 Å². The SMILES string of the molecule is O=C(c1ccc(F)cc1F)N1CCC(NS(=O)(=O)c2ccc(Br)cc2C(F)(F)F)CC1. The Labute approximate surface area is 183 Å². The second-order valence-electron chi connectivity index (χ2n) is 6.95. The molecule has 0 bridgehead atoms. The summed E-state index contributed by atoms with van der Waals surface area (Å²) in [5.41, 5.74) is -1.61. The van der Waals surface area contributed by atoms with Crippen LogP contribution in [0.3, 0.4) is 0 Å². The number of carbonyl (C=O) groups excluding carboxylic acids is 1. The van der Waals surface area contributed by atoms with Crippen LogP contribution in [0.25, 0.3) is 0 Å². The normalized spacial score (nSPS) is 15.9. The third-order valence-corrected chi connectivity index (χ3v) is 6.87. The Morgan fingerprint density at radius 1 is 1.06 bits per heavy atom. The number of piperidine rings is 1. The molecule has 0 unspecified atom stereocenters. The van der Waals surface area contributed by atoms with E-state index in [4.69, 9.17) is 0 Å². The first-order valence-corrected chi connectivity index (χ1v) is 11.3. The Morgan fingerprint density at radius 2 is 1.71 bits per heavy atom. The zero-order chi connectivity index (χ0) is 23.0. The fourth-order valence-electron chi connectivity index (χ4n) is 3.27. The number of hydrogen-bond donors (Lipinski definition) is 1. The summed E-state index contributed by atoms with van der Waals surface area (Å²) in [6.07, 6.45) is -4.64. The van der Waals surface area contributed by atoms with Crippen molar-refractivity contribution in [2.24, 2.45) is 0 Å². The van der Waals surface area contributed by atoms with Gasteiger partial charge in [0.15, 0.2) is 0 Å². The molecule has 2 aromatic rings. The van der Waals surface area contributed by atoms with E-state index < -0.39 is 50.2 Å². The fraction of sp³-hybridized carbons (Fsp3) is 0.316. The van der Waals surface area contributed by atoms with E-state index in [0.717, 1.165) is 18.2 Å². The second kappa shape index (κ2) is 8.83. The third kappa shape index (κ3) is 5.42. The van der Waals surface area contributed by atoms with Gasteiger partial charge >= 0.3 is 6.18 Å². The first kappa shape index (κ1) is 23.6. The summed E-state index contributed by atoms with van der Waals surface area (Å²) in [4.78, 5) is 12.8. The van der Waals surface area contributed by atoms with E-state index in [9.17, 15) is 35.2 Å². The summed E-state index contributed by atoms with van der Waals surface area (Å²) in [7, 11) is -4.49. The molecule has 1 amide bonds. The lowest BCUT2D eigenvalue weighted by Gasteiger charge is -2.32. The van der Waals surface area contributed by atoms with E-state index >= 15 is 0 Å². The van der Waals surface area contributed by atoms with Crippen molar-refractivity contribution in [2.45, 2.75) is 30.0 Å². The molecular weight excluding hydrogens is 511 g/mol. The monoisotopic (exact) mass is 526 g/mol. The molecular formula is C19H16BrF5N2O3S. The van der Waals surface area contributed by atoms with Crippen LogP contribution in [0.15, 0.2) is 45.8 Å². The Hall–Kier alpha value is -2.05. The molecule has 0 radical (unpaired) electrons. The van der Waals surface area contributed by atoms with Crippen LogP contribution < -0.4 is 4.72 Å². The number of hydrogen-bond acceptors (Lipinski definition) is 3. The van der Waals surface area contributed by atoms with Gasteiger partial charge in [-0.3, -0.25) is 4.79 Å². The van der Waals surface area contributed by atoms with Gasteiger partial charge in [0.05, 0.1) is 16.0 Å². The quantitative estimate of drug-likeness (QED) is 0.603. The minimum atomic E-state index is -4.87. The smallest absolute Gasteiger partial charge is 0.338 e. The summed E-state index contributed by atoms with van der Waals surface area (Å²) in [5, 5.41) is 0. The highest BCUT2D eigenvalue weighted by atomic mass is 79.9. The van der Waals surface area contributed by atoms with Crippen molar-refractivity contribution in [1.29, 1.82) is 0 Å². The average molecular weight is 527 g/mol. The van der Waals surface area contributed by atoms with Crippen molar-refractivity contribution in [3.05, 3.63) is 63.6 Å². The van der Waals surface area contributed by atoms with Crippen LogP contribution in [0, 0.1) is 11.6 Å². The van der Waals surface area contributed by atoms with E-state index in [1.54, 1.807) is 0 Å². The number of nitrogens with zero attached hydrogens (tertiary/aromatic N) is 1. The molecule has 31 heavy (non-hydrogen) atoms. The van der Waals surface area contributed by atoms with E-state index in [0.29, 0.717) is 12.1 Å². The fourth-order valence-corrected chi connectivity index (χ4v) is 5.15. The molecule has 1 saturated heterocycles. The van der Waals surface area contributed by atoms with Crippen LogP contribution >= 0.6 is 15.9 Å². The van der Waals surface area contributed by atoms with Gasteiger partial charge in [0.2, 0.25) is 10.0 Å². The van der Waals surface area contributed by atoms with E-state index in [1.165, 1.54) is 11.0 Å². The highest BCUT2D eigenvalue weighted by molar-refractivity contribution is 9.10. The first-order chi connectivity index (χ1) is 14.4. The number of amides is 1. The zero-order valence-electron chi connectivity index (χ0n) is 15.7. The lowest BCUT2D eigenvalue weighted by atomic mass is 10.0. The van der Waals surface area contributed by atoms with Crippen LogP contribution in [0.5, 0.6) is 0 Å². The standard InChI is InChI=1S/C19H16BrF5N2O3S/c20-11-1-4-17(15(9-11)19(23,24)25)31(29,30)26-13-5-7-27(8-6-13)18(28)14-3-2-12(21)10-16(14)22/h1-4,9-10,13,26H,5-8H2. The number of rotatable bonds is 4. The predicted molar refractivity (Wildman–Crippen MR) is 105 cm³/mol. The summed E-state index contributed by atoms with van der Waals surface area (Å²) < 4.78 is 94.2. The minimum absolute atomic E-state index is 0.0509. The highest BCUT2D eigenvalue weighted by Crippen LogP contribution is 2.36. The summed E-state index contributed by atoms with van der Waals surface area (Å²) >= 11 is 2.90. The maximum atomic E-state index is 13.8. The molecule has 0 saturated carbocycles. The van der Waals surface area contributed by atoms with Gasteiger partial charge in [0, 0.05) is 29.7 Å². The van der Waals surface area contributed by atoms with Crippen molar-refractivity contribution in [2.75, 3.05) is 13.1 Å². The number of likely N-dealkylation sites (tertiary alicyclic amines) is 1. The zero-order valence-corrected chi connectivity index (χ0v) is 18.1. The lowest BCUT2D eigenvalue weighted by Crippen LogP contribution is -2.46. The van der Waals surface area contributed by atoms with Crippen molar-refractivity contribution in [1.82, 2.24) is 9.62 Å². The van der Waals surface area contributed by atoms with Gasteiger partial charge < -0.3 is 4.90 Å². The van der Waals surface area contributed by atoms with Crippen LogP contribution in [-0.4, -0.2) is 38.4 Å². The van der Waals surface area contributed by atoms with E-state index in [-0.39, 0.29) is 36.0 Å². The van der Waals surface area contributed by atoms with Crippen LogP contribution in [0.2, 0.25) is 0 Å². The molecule has 1 aliphatic rings. The van der Waals surface area contributed by atoms with Crippen molar-refractivity contribution < 1.29 is 35.2 Å². The number of alkyl halides is 3. The molecule has 0 aromatic heterocycles. The van der Waals surface area contributed by atoms with Gasteiger partial charge in [-0.05, 0) is 43.2 Å². The summed E-state index contributed by atoms with van der Waals surface area (Å²) in [6, 6.07) is 4.60. The van der Waals surface area contributed by atoms with E-state index in [2.05, 4.69) is 20.7 Å². The first-order valence-electron chi connectivity index (χ1n) is 9.02. The third-order valence-electron chi connectivity index (χ3n) is 4.80. The van der Waals surface area contributed by atoms with Gasteiger partial charge in [-0.15, -0.1) is 0 Å². The Bertz CT molecular complexity index is 1100. The highest BCUT2D eigenvalue weighted by Gasteiger charge is 2.38. The maximum Gasteiger partial charge on any atom is 0.417 e. The number of nitrogens with one attached hydrogen (secondary N) is 1. The molecule has 5 nitrogen and oxygen atoms in total. The number of carbonyl (C=O) groups is 1. The average Bonchev–Trinajstić information content (AvgIpc) is 2.67. The predicted octanol–water partition coefficient (Wildman–Crippen LogP) is 4.33. The maximum absolute atomic E-state index is 13.8. The molecule has 168 valence electrons.